The predicted molar refractivity (Wildman–Crippen MR) is 87.7 cm³/mol. The van der Waals surface area contributed by atoms with Crippen molar-refractivity contribution in [3.05, 3.63) is 56.4 Å². The Morgan fingerprint density at radius 2 is 2.04 bits per heavy atom. The number of aromatic amines is 1. The second-order valence-electron chi connectivity index (χ2n) is 5.08. The summed E-state index contributed by atoms with van der Waals surface area (Å²) in [4.78, 5) is 31.2. The fraction of sp³-hybridized carbons (Fsp3) is 0.188. The van der Waals surface area contributed by atoms with Gasteiger partial charge in [-0.05, 0) is 30.2 Å². The molecule has 0 bridgehead atoms. The van der Waals surface area contributed by atoms with Gasteiger partial charge in [-0.25, -0.2) is 9.78 Å². The van der Waals surface area contributed by atoms with E-state index in [4.69, 9.17) is 9.84 Å². The molecule has 0 aliphatic heterocycles. The van der Waals surface area contributed by atoms with Crippen molar-refractivity contribution < 1.29 is 14.6 Å². The minimum Gasteiger partial charge on any atom is -0.497 e. The topological polar surface area (TPSA) is 92.3 Å². The van der Waals surface area contributed by atoms with Crippen molar-refractivity contribution >= 4 is 27.5 Å². The van der Waals surface area contributed by atoms with Crippen LogP contribution in [0.15, 0.2) is 29.1 Å². The molecular formula is C16H14N2O4S. The number of carbonyl (C=O) groups is 1. The fourth-order valence-corrected chi connectivity index (χ4v) is 3.45. The van der Waals surface area contributed by atoms with Crippen LogP contribution in [0.25, 0.3) is 10.2 Å². The highest BCUT2D eigenvalue weighted by Crippen LogP contribution is 2.27. The molecule has 3 rings (SSSR count). The van der Waals surface area contributed by atoms with Gasteiger partial charge in [-0.15, -0.1) is 11.3 Å². The zero-order valence-corrected chi connectivity index (χ0v) is 13.4. The molecule has 23 heavy (non-hydrogen) atoms. The molecule has 1 aromatic carbocycles. The standard InChI is InChI=1S/C16H14N2O4S/c1-8-12-14(19)17-11(18-15(12)23-13(8)16(20)21)7-9-3-5-10(22-2)6-4-9/h3-6H,7H2,1-2H3,(H,20,21)(H,17,18,19). The molecule has 0 fully saturated rings. The molecule has 3 aromatic rings. The van der Waals surface area contributed by atoms with Crippen LogP contribution in [-0.4, -0.2) is 28.2 Å². The molecule has 0 saturated carbocycles. The van der Waals surface area contributed by atoms with E-state index in [0.717, 1.165) is 22.6 Å². The molecule has 7 heteroatoms. The summed E-state index contributed by atoms with van der Waals surface area (Å²) >= 11 is 1.03. The van der Waals surface area contributed by atoms with Gasteiger partial charge in [0, 0.05) is 6.42 Å². The number of hydrogen-bond acceptors (Lipinski definition) is 5. The minimum absolute atomic E-state index is 0.152. The van der Waals surface area contributed by atoms with Gasteiger partial charge in [-0.1, -0.05) is 12.1 Å². The van der Waals surface area contributed by atoms with Crippen molar-refractivity contribution in [2.24, 2.45) is 0 Å². The Labute approximate surface area is 135 Å². The van der Waals surface area contributed by atoms with E-state index < -0.39 is 5.97 Å². The number of methoxy groups -OCH3 is 1. The Hall–Kier alpha value is -2.67. The maximum Gasteiger partial charge on any atom is 0.346 e. The average Bonchev–Trinajstić information content (AvgIpc) is 2.85. The van der Waals surface area contributed by atoms with Gasteiger partial charge in [0.05, 0.1) is 12.5 Å². The Morgan fingerprint density at radius 3 is 2.65 bits per heavy atom. The van der Waals surface area contributed by atoms with Crippen molar-refractivity contribution in [2.45, 2.75) is 13.3 Å². The van der Waals surface area contributed by atoms with Crippen molar-refractivity contribution in [3.63, 3.8) is 0 Å². The first kappa shape index (κ1) is 15.2. The molecule has 2 N–H and O–H groups in total. The largest absolute Gasteiger partial charge is 0.497 e. The van der Waals surface area contributed by atoms with Gasteiger partial charge in [-0.3, -0.25) is 4.79 Å². The summed E-state index contributed by atoms with van der Waals surface area (Å²) < 4.78 is 5.11. The lowest BCUT2D eigenvalue weighted by Crippen LogP contribution is -2.12. The lowest BCUT2D eigenvalue weighted by Gasteiger charge is -2.03. The number of carboxylic acids is 1. The smallest absolute Gasteiger partial charge is 0.346 e. The molecule has 0 saturated heterocycles. The van der Waals surface area contributed by atoms with E-state index >= 15 is 0 Å². The third-order valence-corrected chi connectivity index (χ3v) is 4.75. The SMILES string of the molecule is COc1ccc(Cc2nc3sc(C(=O)O)c(C)c3c(=O)[nH]2)cc1. The average molecular weight is 330 g/mol. The van der Waals surface area contributed by atoms with E-state index in [1.165, 1.54) is 0 Å². The predicted octanol–water partition coefficient (Wildman–Crippen LogP) is 2.59. The molecule has 0 unspecified atom stereocenters. The first-order valence-electron chi connectivity index (χ1n) is 6.88. The van der Waals surface area contributed by atoms with Crippen molar-refractivity contribution in [3.8, 4) is 5.75 Å². The minimum atomic E-state index is -1.04. The summed E-state index contributed by atoms with van der Waals surface area (Å²) in [5, 5.41) is 9.52. The molecule has 0 radical (unpaired) electrons. The lowest BCUT2D eigenvalue weighted by atomic mass is 10.1. The number of aryl methyl sites for hydroxylation is 1. The summed E-state index contributed by atoms with van der Waals surface area (Å²) in [6.45, 7) is 1.63. The second kappa shape index (κ2) is 5.85. The van der Waals surface area contributed by atoms with Crippen molar-refractivity contribution in [2.75, 3.05) is 7.11 Å². The Kier molecular flexibility index (Phi) is 3.87. The number of thiophene rings is 1. The number of nitrogens with one attached hydrogen (secondary N) is 1. The van der Waals surface area contributed by atoms with Crippen LogP contribution >= 0.6 is 11.3 Å². The van der Waals surface area contributed by atoms with Crippen LogP contribution in [0.4, 0.5) is 0 Å². The van der Waals surface area contributed by atoms with Gasteiger partial charge in [0.2, 0.25) is 0 Å². The Bertz CT molecular complexity index is 941. The summed E-state index contributed by atoms with van der Waals surface area (Å²) in [7, 11) is 1.60. The molecule has 0 amide bonds. The maximum absolute atomic E-state index is 12.2. The number of nitrogens with zero attached hydrogens (tertiary/aromatic N) is 1. The summed E-state index contributed by atoms with van der Waals surface area (Å²) in [5.74, 6) is 0.220. The number of hydrogen-bond donors (Lipinski definition) is 2. The van der Waals surface area contributed by atoms with Gasteiger partial charge in [-0.2, -0.15) is 0 Å². The molecule has 0 aliphatic rings. The highest BCUT2D eigenvalue weighted by atomic mass is 32.1. The van der Waals surface area contributed by atoms with Crippen LogP contribution in [0.5, 0.6) is 5.75 Å². The third-order valence-electron chi connectivity index (χ3n) is 3.57. The first-order valence-corrected chi connectivity index (χ1v) is 7.69. The number of aromatic nitrogens is 2. The van der Waals surface area contributed by atoms with Gasteiger partial charge in [0.25, 0.3) is 5.56 Å². The quantitative estimate of drug-likeness (QED) is 0.767. The van der Waals surface area contributed by atoms with Gasteiger partial charge < -0.3 is 14.8 Å². The number of ether oxygens (including phenoxy) is 1. The highest BCUT2D eigenvalue weighted by Gasteiger charge is 2.18. The molecule has 0 aliphatic carbocycles. The second-order valence-corrected chi connectivity index (χ2v) is 6.08. The fourth-order valence-electron chi connectivity index (χ4n) is 2.41. The number of carboxylic acid groups (broad SMARTS) is 1. The number of rotatable bonds is 4. The molecule has 118 valence electrons. The maximum atomic E-state index is 12.2. The summed E-state index contributed by atoms with van der Waals surface area (Å²) in [6, 6.07) is 7.46. The van der Waals surface area contributed by atoms with Crippen LogP contribution < -0.4 is 10.3 Å². The monoisotopic (exact) mass is 330 g/mol. The number of H-pyrrole nitrogens is 1. The zero-order valence-electron chi connectivity index (χ0n) is 12.5. The van der Waals surface area contributed by atoms with E-state index in [0.29, 0.717) is 28.0 Å². The molecule has 0 atom stereocenters. The van der Waals surface area contributed by atoms with E-state index in [1.807, 2.05) is 24.3 Å². The van der Waals surface area contributed by atoms with Gasteiger partial charge in [0.15, 0.2) is 0 Å². The molecule has 6 nitrogen and oxygen atoms in total. The number of benzene rings is 1. The van der Waals surface area contributed by atoms with Crippen LogP contribution in [0.3, 0.4) is 0 Å². The molecule has 2 heterocycles. The van der Waals surface area contributed by atoms with E-state index in [1.54, 1.807) is 14.0 Å². The van der Waals surface area contributed by atoms with E-state index in [9.17, 15) is 9.59 Å². The Balaban J connectivity index is 2.02. The van der Waals surface area contributed by atoms with Crippen LogP contribution in [-0.2, 0) is 6.42 Å². The van der Waals surface area contributed by atoms with Crippen LogP contribution in [0, 0.1) is 6.92 Å². The van der Waals surface area contributed by atoms with E-state index in [-0.39, 0.29) is 10.4 Å². The summed E-state index contributed by atoms with van der Waals surface area (Å²) in [5.41, 5.74) is 1.13. The third kappa shape index (κ3) is 2.83. The summed E-state index contributed by atoms with van der Waals surface area (Å²) in [6.07, 6.45) is 0.453. The normalized spacial score (nSPS) is 10.9. The van der Waals surface area contributed by atoms with Crippen LogP contribution in [0.1, 0.15) is 26.6 Å². The zero-order chi connectivity index (χ0) is 16.6. The van der Waals surface area contributed by atoms with Crippen molar-refractivity contribution in [1.29, 1.82) is 0 Å². The van der Waals surface area contributed by atoms with Gasteiger partial charge >= 0.3 is 5.97 Å². The van der Waals surface area contributed by atoms with E-state index in [2.05, 4.69) is 9.97 Å². The van der Waals surface area contributed by atoms with Crippen LogP contribution in [0.2, 0.25) is 0 Å². The lowest BCUT2D eigenvalue weighted by molar-refractivity contribution is 0.0701. The molecule has 2 aromatic heterocycles. The molecular weight excluding hydrogens is 316 g/mol. The molecule has 0 spiro atoms. The van der Waals surface area contributed by atoms with Crippen molar-refractivity contribution in [1.82, 2.24) is 9.97 Å². The highest BCUT2D eigenvalue weighted by molar-refractivity contribution is 7.20. The van der Waals surface area contributed by atoms with Gasteiger partial charge in [0.1, 0.15) is 21.3 Å². The first-order chi connectivity index (χ1) is 11.0. The number of fused-ring (bicyclic) bond motifs is 1. The Morgan fingerprint density at radius 1 is 1.35 bits per heavy atom. The number of aromatic carboxylic acids is 1.